The number of anilines is 2. The highest BCUT2D eigenvalue weighted by atomic mass is 32.1. The third-order valence-electron chi connectivity index (χ3n) is 2.25. The van der Waals surface area contributed by atoms with Gasteiger partial charge in [-0.25, -0.2) is 0 Å². The molecular formula is C10H16N4OS. The van der Waals surface area contributed by atoms with Gasteiger partial charge in [-0.05, 0) is 18.0 Å². The van der Waals surface area contributed by atoms with Gasteiger partial charge in [0.25, 0.3) is 0 Å². The smallest absolute Gasteiger partial charge is 0.157 e. The Balaban J connectivity index is 2.87. The van der Waals surface area contributed by atoms with Crippen molar-refractivity contribution in [2.45, 2.75) is 19.8 Å². The number of unbranched alkanes of at least 4 members (excludes halogenated alkanes) is 1. The monoisotopic (exact) mass is 240 g/mol. The number of nitrogens with two attached hydrogens (primary N) is 1. The Morgan fingerprint density at radius 1 is 1.56 bits per heavy atom. The van der Waals surface area contributed by atoms with E-state index in [0.717, 1.165) is 24.4 Å². The summed E-state index contributed by atoms with van der Waals surface area (Å²) < 4.78 is 3.97. The number of hydrogen-bond donors (Lipinski definition) is 2. The third kappa shape index (κ3) is 2.84. The number of hydrogen-bond acceptors (Lipinski definition) is 6. The summed E-state index contributed by atoms with van der Waals surface area (Å²) in [6.07, 6.45) is 2.08. The quantitative estimate of drug-likeness (QED) is 0.780. The lowest BCUT2D eigenvalue weighted by molar-refractivity contribution is 0.302. The fourth-order valence-corrected chi connectivity index (χ4v) is 2.21. The summed E-state index contributed by atoms with van der Waals surface area (Å²) in [6, 6.07) is 2.06. The van der Waals surface area contributed by atoms with Crippen LogP contribution in [0.15, 0.2) is 0 Å². The van der Waals surface area contributed by atoms with Crippen LogP contribution in [-0.2, 0) is 0 Å². The maximum absolute atomic E-state index is 9.00. The van der Waals surface area contributed by atoms with E-state index in [-0.39, 0.29) is 12.4 Å². The van der Waals surface area contributed by atoms with Crippen LogP contribution in [-0.4, -0.2) is 29.2 Å². The van der Waals surface area contributed by atoms with Gasteiger partial charge >= 0.3 is 0 Å². The Morgan fingerprint density at radius 3 is 2.88 bits per heavy atom. The minimum absolute atomic E-state index is 0.0619. The summed E-state index contributed by atoms with van der Waals surface area (Å²) in [5, 5.41) is 18.7. The minimum atomic E-state index is 0.0619. The van der Waals surface area contributed by atoms with Gasteiger partial charge < -0.3 is 15.7 Å². The molecule has 0 bridgehead atoms. The van der Waals surface area contributed by atoms with Gasteiger partial charge in [0.1, 0.15) is 16.6 Å². The van der Waals surface area contributed by atoms with Gasteiger partial charge in [0.15, 0.2) is 5.82 Å². The molecule has 0 spiro atoms. The summed E-state index contributed by atoms with van der Waals surface area (Å²) in [5.74, 6) is 0.280. The Kier molecular flexibility index (Phi) is 5.02. The molecule has 3 N–H and O–H groups in total. The van der Waals surface area contributed by atoms with Crippen LogP contribution in [0.5, 0.6) is 0 Å². The average Bonchev–Trinajstić information content (AvgIpc) is 2.65. The van der Waals surface area contributed by atoms with E-state index >= 15 is 0 Å². The highest BCUT2D eigenvalue weighted by Gasteiger charge is 2.16. The average molecular weight is 240 g/mol. The summed E-state index contributed by atoms with van der Waals surface area (Å²) in [5.41, 5.74) is 6.03. The molecule has 1 heterocycles. The number of aliphatic hydroxyl groups excluding tert-OH is 1. The number of aliphatic hydroxyl groups is 1. The lowest BCUT2D eigenvalue weighted by Gasteiger charge is -2.21. The molecule has 88 valence electrons. The standard InChI is InChI=1S/C10H16N4OS/c1-2-3-4-14(5-6-15)10-8(7-11)9(12)13-16-10/h15H,2-6H2,1H3,(H2,12,13). The van der Waals surface area contributed by atoms with Gasteiger partial charge in [-0.2, -0.15) is 9.64 Å². The number of rotatable bonds is 6. The van der Waals surface area contributed by atoms with Crippen molar-refractivity contribution < 1.29 is 5.11 Å². The molecule has 0 aliphatic rings. The first-order valence-electron chi connectivity index (χ1n) is 5.25. The fourth-order valence-electron chi connectivity index (χ4n) is 1.40. The first-order chi connectivity index (χ1) is 7.74. The van der Waals surface area contributed by atoms with Crippen molar-refractivity contribution in [3.8, 4) is 6.07 Å². The van der Waals surface area contributed by atoms with Crippen LogP contribution in [0.3, 0.4) is 0 Å². The van der Waals surface area contributed by atoms with Crippen molar-refractivity contribution in [2.24, 2.45) is 0 Å². The number of nitrogen functional groups attached to an aromatic ring is 1. The SMILES string of the molecule is CCCCN(CCO)c1snc(N)c1C#N. The zero-order chi connectivity index (χ0) is 12.0. The van der Waals surface area contributed by atoms with Gasteiger partial charge in [0.05, 0.1) is 6.61 Å². The molecule has 0 aromatic carbocycles. The molecule has 6 heteroatoms. The molecule has 0 saturated heterocycles. The molecule has 1 aromatic heterocycles. The molecule has 0 radical (unpaired) electrons. The predicted molar refractivity (Wildman–Crippen MR) is 65.4 cm³/mol. The van der Waals surface area contributed by atoms with Crippen molar-refractivity contribution in [3.05, 3.63) is 5.56 Å². The van der Waals surface area contributed by atoms with Crippen molar-refractivity contribution >= 4 is 22.4 Å². The van der Waals surface area contributed by atoms with Gasteiger partial charge in [-0.3, -0.25) is 0 Å². The van der Waals surface area contributed by atoms with Crippen molar-refractivity contribution in [2.75, 3.05) is 30.3 Å². The second kappa shape index (κ2) is 6.30. The van der Waals surface area contributed by atoms with Gasteiger partial charge in [-0.15, -0.1) is 0 Å². The van der Waals surface area contributed by atoms with Crippen LogP contribution < -0.4 is 10.6 Å². The van der Waals surface area contributed by atoms with E-state index in [9.17, 15) is 0 Å². The van der Waals surface area contributed by atoms with E-state index in [1.807, 2.05) is 4.90 Å². The van der Waals surface area contributed by atoms with Gasteiger partial charge in [0, 0.05) is 13.1 Å². The van der Waals surface area contributed by atoms with Crippen LogP contribution in [0.4, 0.5) is 10.8 Å². The maximum Gasteiger partial charge on any atom is 0.157 e. The molecule has 0 amide bonds. The van der Waals surface area contributed by atoms with Crippen LogP contribution >= 0.6 is 11.5 Å². The molecule has 0 fully saturated rings. The lowest BCUT2D eigenvalue weighted by Crippen LogP contribution is -2.27. The second-order valence-corrected chi connectivity index (χ2v) is 4.18. The third-order valence-corrected chi connectivity index (χ3v) is 3.17. The van der Waals surface area contributed by atoms with E-state index in [1.54, 1.807) is 0 Å². The Hall–Kier alpha value is -1.32. The van der Waals surface area contributed by atoms with Crippen molar-refractivity contribution in [1.82, 2.24) is 4.37 Å². The topological polar surface area (TPSA) is 86.2 Å². The van der Waals surface area contributed by atoms with Crippen LogP contribution in [0, 0.1) is 11.3 Å². The zero-order valence-electron chi connectivity index (χ0n) is 9.31. The number of nitriles is 1. The minimum Gasteiger partial charge on any atom is -0.395 e. The van der Waals surface area contributed by atoms with E-state index in [0.29, 0.717) is 12.1 Å². The summed E-state index contributed by atoms with van der Waals surface area (Å²) >= 11 is 1.22. The molecule has 0 unspecified atom stereocenters. The first-order valence-corrected chi connectivity index (χ1v) is 6.03. The highest BCUT2D eigenvalue weighted by molar-refractivity contribution is 7.10. The normalized spacial score (nSPS) is 10.1. The van der Waals surface area contributed by atoms with Crippen LogP contribution in [0.2, 0.25) is 0 Å². The molecule has 5 nitrogen and oxygen atoms in total. The first kappa shape index (κ1) is 12.7. The largest absolute Gasteiger partial charge is 0.395 e. The van der Waals surface area contributed by atoms with E-state index < -0.39 is 0 Å². The molecule has 0 aliphatic heterocycles. The van der Waals surface area contributed by atoms with Crippen LogP contribution in [0.25, 0.3) is 0 Å². The second-order valence-electron chi connectivity index (χ2n) is 3.42. The molecule has 1 aromatic rings. The van der Waals surface area contributed by atoms with Gasteiger partial charge in [0.2, 0.25) is 0 Å². The van der Waals surface area contributed by atoms with E-state index in [4.69, 9.17) is 16.1 Å². The predicted octanol–water partition coefficient (Wildman–Crippen LogP) is 1.20. The number of nitrogens with zero attached hydrogens (tertiary/aromatic N) is 3. The summed E-state index contributed by atoms with van der Waals surface area (Å²) in [4.78, 5) is 1.97. The molecule has 16 heavy (non-hydrogen) atoms. The highest BCUT2D eigenvalue weighted by Crippen LogP contribution is 2.29. The Bertz CT molecular complexity index is 371. The van der Waals surface area contributed by atoms with Crippen molar-refractivity contribution in [1.29, 1.82) is 5.26 Å². The summed E-state index contributed by atoms with van der Waals surface area (Å²) in [6.45, 7) is 3.49. The van der Waals surface area contributed by atoms with E-state index in [1.165, 1.54) is 11.5 Å². The molecule has 0 saturated carbocycles. The van der Waals surface area contributed by atoms with Crippen molar-refractivity contribution in [3.63, 3.8) is 0 Å². The lowest BCUT2D eigenvalue weighted by atomic mass is 10.3. The Labute approximate surface area is 99.3 Å². The van der Waals surface area contributed by atoms with Gasteiger partial charge in [-0.1, -0.05) is 13.3 Å². The number of aromatic nitrogens is 1. The fraction of sp³-hybridized carbons (Fsp3) is 0.600. The van der Waals surface area contributed by atoms with E-state index in [2.05, 4.69) is 17.4 Å². The molecule has 1 rings (SSSR count). The zero-order valence-corrected chi connectivity index (χ0v) is 10.1. The maximum atomic E-state index is 9.00. The Morgan fingerprint density at radius 2 is 2.31 bits per heavy atom. The van der Waals surface area contributed by atoms with Crippen LogP contribution in [0.1, 0.15) is 25.3 Å². The molecule has 0 atom stereocenters. The summed E-state index contributed by atoms with van der Waals surface area (Å²) in [7, 11) is 0. The molecular weight excluding hydrogens is 224 g/mol. The molecule has 0 aliphatic carbocycles.